The maximum atomic E-state index is 13.1. The Balaban J connectivity index is 1.28. The van der Waals surface area contributed by atoms with Crippen molar-refractivity contribution >= 4 is 23.0 Å². The number of nitrogens with one attached hydrogen (secondary N) is 2. The number of hydrogen-bond donors (Lipinski definition) is 3. The molecule has 5 aromatic rings. The molecule has 0 aliphatic heterocycles. The number of para-hydroxylation sites is 1. The number of rotatable bonds is 8. The highest BCUT2D eigenvalue weighted by Crippen LogP contribution is 2.29. The van der Waals surface area contributed by atoms with E-state index >= 15 is 0 Å². The fourth-order valence-corrected chi connectivity index (χ4v) is 3.66. The Hall–Kier alpha value is -5.57. The highest BCUT2D eigenvalue weighted by atomic mass is 19.1. The predicted molar refractivity (Wildman–Crippen MR) is 147 cm³/mol. The number of halogens is 1. The van der Waals surface area contributed by atoms with Gasteiger partial charge in [0.25, 0.3) is 5.91 Å². The van der Waals surface area contributed by atoms with E-state index in [1.165, 1.54) is 30.5 Å². The first-order chi connectivity index (χ1) is 18.9. The molecule has 0 aliphatic carbocycles. The number of carbonyl (C=O) groups is 1. The molecule has 2 heterocycles. The molecular weight excluding hydrogens is 497 g/mol. The Morgan fingerprint density at radius 3 is 2.31 bits per heavy atom. The normalized spacial score (nSPS) is 10.5. The van der Waals surface area contributed by atoms with Gasteiger partial charge in [-0.3, -0.25) is 15.2 Å². The minimum absolute atomic E-state index is 0.263. The van der Waals surface area contributed by atoms with Gasteiger partial charge in [-0.25, -0.2) is 9.37 Å². The Morgan fingerprint density at radius 1 is 0.795 bits per heavy atom. The van der Waals surface area contributed by atoms with Crippen molar-refractivity contribution in [2.45, 2.75) is 0 Å². The van der Waals surface area contributed by atoms with Crippen LogP contribution in [-0.2, 0) is 4.79 Å². The van der Waals surface area contributed by atoms with E-state index in [-0.39, 0.29) is 28.7 Å². The van der Waals surface area contributed by atoms with E-state index in [4.69, 9.17) is 20.6 Å². The molecule has 3 aromatic carbocycles. The van der Waals surface area contributed by atoms with Crippen LogP contribution in [0, 0.1) is 11.2 Å². The van der Waals surface area contributed by atoms with Crippen LogP contribution in [0.15, 0.2) is 110 Å². The standard InChI is InChI=1S/C30H22FN5O3/c31-21-7-10-24(11-8-21)39-28-13-9-22(17-35-28)36-30(37)29(33)26-15-19(6-12-27(26)32)20-14-25(18-34-16-20)38-23-4-2-1-3-5-23/h1-18,33H,32H2,(H,36,37). The molecule has 0 saturated heterocycles. The first-order valence-electron chi connectivity index (χ1n) is 11.8. The van der Waals surface area contributed by atoms with Gasteiger partial charge in [-0.1, -0.05) is 24.3 Å². The lowest BCUT2D eigenvalue weighted by molar-refractivity contribution is -0.110. The summed E-state index contributed by atoms with van der Waals surface area (Å²) in [5, 5.41) is 11.1. The van der Waals surface area contributed by atoms with E-state index in [1.807, 2.05) is 36.4 Å². The third-order valence-corrected chi connectivity index (χ3v) is 5.61. The van der Waals surface area contributed by atoms with E-state index in [0.29, 0.717) is 28.5 Å². The van der Waals surface area contributed by atoms with Crippen LogP contribution in [0.1, 0.15) is 5.56 Å². The van der Waals surface area contributed by atoms with Gasteiger partial charge in [0.15, 0.2) is 0 Å². The second kappa shape index (κ2) is 11.2. The molecule has 9 heteroatoms. The molecule has 8 nitrogen and oxygen atoms in total. The number of carbonyl (C=O) groups excluding carboxylic acids is 1. The zero-order valence-corrected chi connectivity index (χ0v) is 20.5. The number of nitrogen functional groups attached to an aromatic ring is 1. The highest BCUT2D eigenvalue weighted by molar-refractivity contribution is 6.48. The average Bonchev–Trinajstić information content (AvgIpc) is 2.96. The molecule has 0 saturated carbocycles. The van der Waals surface area contributed by atoms with Gasteiger partial charge in [0.1, 0.15) is 28.8 Å². The molecule has 0 radical (unpaired) electrons. The molecule has 1 amide bonds. The maximum Gasteiger partial charge on any atom is 0.274 e. The van der Waals surface area contributed by atoms with Gasteiger partial charge in [0.2, 0.25) is 5.88 Å². The number of amides is 1. The van der Waals surface area contributed by atoms with Crippen LogP contribution in [-0.4, -0.2) is 21.6 Å². The van der Waals surface area contributed by atoms with Crippen LogP contribution < -0.4 is 20.5 Å². The third-order valence-electron chi connectivity index (χ3n) is 5.61. The van der Waals surface area contributed by atoms with Gasteiger partial charge < -0.3 is 20.5 Å². The Morgan fingerprint density at radius 2 is 1.56 bits per heavy atom. The average molecular weight is 520 g/mol. The molecule has 192 valence electrons. The molecule has 4 N–H and O–H groups in total. The van der Waals surface area contributed by atoms with Gasteiger partial charge in [-0.2, -0.15) is 0 Å². The van der Waals surface area contributed by atoms with Crippen molar-refractivity contribution < 1.29 is 18.7 Å². The van der Waals surface area contributed by atoms with Gasteiger partial charge in [0.05, 0.1) is 18.1 Å². The molecule has 0 atom stereocenters. The Bertz CT molecular complexity index is 1630. The molecule has 39 heavy (non-hydrogen) atoms. The van der Waals surface area contributed by atoms with Crippen LogP contribution in [0.25, 0.3) is 11.1 Å². The SMILES string of the molecule is N=C(C(=O)Nc1ccc(Oc2ccc(F)cc2)nc1)c1cc(-c2cncc(Oc3ccccc3)c2)ccc1N. The largest absolute Gasteiger partial charge is 0.456 e. The number of anilines is 2. The molecule has 0 spiro atoms. The summed E-state index contributed by atoms with van der Waals surface area (Å²) in [6.45, 7) is 0. The molecule has 2 aromatic heterocycles. The number of hydrogen-bond acceptors (Lipinski definition) is 7. The fourth-order valence-electron chi connectivity index (χ4n) is 3.66. The molecular formula is C30H22FN5O3. The molecule has 0 bridgehead atoms. The van der Waals surface area contributed by atoms with Crippen molar-refractivity contribution in [3.63, 3.8) is 0 Å². The van der Waals surface area contributed by atoms with Gasteiger partial charge in [0, 0.05) is 29.1 Å². The monoisotopic (exact) mass is 519 g/mol. The topological polar surface area (TPSA) is 123 Å². The number of nitrogens with zero attached hydrogens (tertiary/aromatic N) is 2. The van der Waals surface area contributed by atoms with E-state index in [1.54, 1.807) is 42.7 Å². The second-order valence-corrected chi connectivity index (χ2v) is 8.40. The lowest BCUT2D eigenvalue weighted by Crippen LogP contribution is -2.24. The summed E-state index contributed by atoms with van der Waals surface area (Å²) in [4.78, 5) is 21.3. The van der Waals surface area contributed by atoms with Crippen LogP contribution in [0.2, 0.25) is 0 Å². The zero-order valence-electron chi connectivity index (χ0n) is 20.5. The number of nitrogens with two attached hydrogens (primary N) is 1. The van der Waals surface area contributed by atoms with Crippen LogP contribution in [0.4, 0.5) is 15.8 Å². The zero-order chi connectivity index (χ0) is 27.2. The fraction of sp³-hybridized carbons (Fsp3) is 0. The van der Waals surface area contributed by atoms with Crippen molar-refractivity contribution in [3.05, 3.63) is 121 Å². The number of aromatic nitrogens is 2. The van der Waals surface area contributed by atoms with E-state index < -0.39 is 5.91 Å². The smallest absolute Gasteiger partial charge is 0.274 e. The predicted octanol–water partition coefficient (Wildman–Crippen LogP) is 6.46. The first-order valence-corrected chi connectivity index (χ1v) is 11.8. The lowest BCUT2D eigenvalue weighted by atomic mass is 10.00. The Labute approximate surface area is 223 Å². The van der Waals surface area contributed by atoms with Crippen LogP contribution in [0.3, 0.4) is 0 Å². The Kier molecular flexibility index (Phi) is 7.22. The summed E-state index contributed by atoms with van der Waals surface area (Å²) >= 11 is 0. The van der Waals surface area contributed by atoms with Crippen molar-refractivity contribution in [3.8, 4) is 34.3 Å². The highest BCUT2D eigenvalue weighted by Gasteiger charge is 2.17. The first kappa shape index (κ1) is 25.1. The van der Waals surface area contributed by atoms with Crippen LogP contribution in [0.5, 0.6) is 23.1 Å². The second-order valence-electron chi connectivity index (χ2n) is 8.40. The van der Waals surface area contributed by atoms with Crippen molar-refractivity contribution in [2.24, 2.45) is 0 Å². The molecule has 0 aliphatic rings. The van der Waals surface area contributed by atoms with Crippen molar-refractivity contribution in [2.75, 3.05) is 11.1 Å². The maximum absolute atomic E-state index is 13.1. The van der Waals surface area contributed by atoms with E-state index in [0.717, 1.165) is 5.56 Å². The third kappa shape index (κ3) is 6.23. The summed E-state index contributed by atoms with van der Waals surface area (Å²) in [7, 11) is 0. The van der Waals surface area contributed by atoms with E-state index in [9.17, 15) is 9.18 Å². The summed E-state index contributed by atoms with van der Waals surface area (Å²) in [5.41, 5.74) is 8.17. The van der Waals surface area contributed by atoms with Gasteiger partial charge in [-0.15, -0.1) is 0 Å². The van der Waals surface area contributed by atoms with E-state index in [2.05, 4.69) is 15.3 Å². The van der Waals surface area contributed by atoms with Crippen LogP contribution >= 0.6 is 0 Å². The molecule has 0 fully saturated rings. The molecule has 5 rings (SSSR count). The minimum atomic E-state index is -0.660. The quantitative estimate of drug-likeness (QED) is 0.160. The van der Waals surface area contributed by atoms with Gasteiger partial charge >= 0.3 is 0 Å². The summed E-state index contributed by atoms with van der Waals surface area (Å²) in [6, 6.07) is 24.9. The summed E-state index contributed by atoms with van der Waals surface area (Å²) in [5.74, 6) is 0.877. The molecule has 0 unspecified atom stereocenters. The number of pyridine rings is 2. The lowest BCUT2D eigenvalue weighted by Gasteiger charge is -2.12. The van der Waals surface area contributed by atoms with Gasteiger partial charge in [-0.05, 0) is 66.2 Å². The number of ether oxygens (including phenoxy) is 2. The van der Waals surface area contributed by atoms with Crippen molar-refractivity contribution in [1.82, 2.24) is 9.97 Å². The van der Waals surface area contributed by atoms with Crippen molar-refractivity contribution in [1.29, 1.82) is 5.41 Å². The number of benzene rings is 3. The summed E-state index contributed by atoms with van der Waals surface area (Å²) in [6.07, 6.45) is 4.67. The minimum Gasteiger partial charge on any atom is -0.456 e. The summed E-state index contributed by atoms with van der Waals surface area (Å²) < 4.78 is 24.5.